The van der Waals surface area contributed by atoms with Gasteiger partial charge in [0.1, 0.15) is 25.3 Å². The Bertz CT molecular complexity index is 1100. The molecule has 13 nitrogen and oxygen atoms in total. The molecular formula is C18H21N9O4. The second-order valence-corrected chi connectivity index (χ2v) is 6.94. The van der Waals surface area contributed by atoms with Gasteiger partial charge in [-0.3, -0.25) is 4.79 Å². The molecule has 0 aliphatic carbocycles. The number of hydrogen-bond donors (Lipinski definition) is 3. The molecule has 162 valence electrons. The number of hydrogen-bond acceptors (Lipinski definition) is 10. The molecule has 4 N–H and O–H groups in total. The maximum absolute atomic E-state index is 12.9. The number of quaternary nitrogens is 1. The maximum Gasteiger partial charge on any atom is 0.294 e. The Morgan fingerprint density at radius 3 is 2.81 bits per heavy atom. The van der Waals surface area contributed by atoms with Crippen LogP contribution < -0.4 is 21.2 Å². The van der Waals surface area contributed by atoms with E-state index in [1.165, 1.54) is 15.6 Å². The Labute approximate surface area is 176 Å². The monoisotopic (exact) mass is 427 g/mol. The lowest BCUT2D eigenvalue weighted by Crippen LogP contribution is -3.12. The van der Waals surface area contributed by atoms with Crippen molar-refractivity contribution in [3.05, 3.63) is 41.2 Å². The minimum Gasteiger partial charge on any atom is -0.872 e. The number of morpholine rings is 1. The van der Waals surface area contributed by atoms with Gasteiger partial charge in [0.2, 0.25) is 11.6 Å². The molecule has 0 atom stereocenters. The predicted octanol–water partition coefficient (Wildman–Crippen LogP) is -2.12. The van der Waals surface area contributed by atoms with Crippen LogP contribution in [0.25, 0.3) is 5.82 Å². The van der Waals surface area contributed by atoms with Crippen LogP contribution in [0.4, 0.5) is 5.82 Å². The Kier molecular flexibility index (Phi) is 5.86. The molecule has 1 amide bonds. The van der Waals surface area contributed by atoms with Crippen molar-refractivity contribution in [2.24, 2.45) is 5.10 Å². The van der Waals surface area contributed by atoms with Gasteiger partial charge in [-0.25, -0.2) is 10.1 Å². The van der Waals surface area contributed by atoms with E-state index in [9.17, 15) is 9.90 Å². The van der Waals surface area contributed by atoms with E-state index in [1.807, 2.05) is 0 Å². The van der Waals surface area contributed by atoms with Crippen LogP contribution in [0.5, 0.6) is 5.75 Å². The van der Waals surface area contributed by atoms with E-state index in [1.54, 1.807) is 25.1 Å². The molecule has 0 radical (unpaired) electrons. The number of anilines is 1. The molecule has 1 aromatic carbocycles. The van der Waals surface area contributed by atoms with Gasteiger partial charge in [0.25, 0.3) is 5.91 Å². The van der Waals surface area contributed by atoms with Crippen molar-refractivity contribution in [2.75, 3.05) is 32.0 Å². The minimum atomic E-state index is -0.577. The first kappa shape index (κ1) is 20.4. The normalized spacial score (nSPS) is 15.2. The van der Waals surface area contributed by atoms with Crippen LogP contribution in [0, 0.1) is 0 Å². The topological polar surface area (TPSA) is 174 Å². The molecule has 3 aromatic rings. The summed E-state index contributed by atoms with van der Waals surface area (Å²) < 4.78 is 11.4. The Balaban J connectivity index is 1.61. The fraction of sp³-hybridized carbons (Fsp3) is 0.333. The summed E-state index contributed by atoms with van der Waals surface area (Å²) in [6.45, 7) is 4.81. The number of nitrogens with zero attached hydrogens (tertiary/aromatic N) is 6. The zero-order valence-corrected chi connectivity index (χ0v) is 16.7. The molecule has 0 spiro atoms. The fourth-order valence-electron chi connectivity index (χ4n) is 3.23. The molecule has 1 aliphatic rings. The predicted molar refractivity (Wildman–Crippen MR) is 104 cm³/mol. The molecule has 1 aliphatic heterocycles. The van der Waals surface area contributed by atoms with Crippen molar-refractivity contribution in [2.45, 2.75) is 13.5 Å². The number of nitrogens with one attached hydrogen (secondary N) is 2. The van der Waals surface area contributed by atoms with Crippen molar-refractivity contribution < 1.29 is 24.2 Å². The third-order valence-electron chi connectivity index (χ3n) is 4.89. The average molecular weight is 427 g/mol. The number of para-hydroxylation sites is 1. The van der Waals surface area contributed by atoms with Crippen LogP contribution in [0.3, 0.4) is 0 Å². The van der Waals surface area contributed by atoms with Gasteiger partial charge in [-0.1, -0.05) is 35.2 Å². The molecule has 0 bridgehead atoms. The van der Waals surface area contributed by atoms with Crippen LogP contribution in [0.1, 0.15) is 28.7 Å². The van der Waals surface area contributed by atoms with Crippen molar-refractivity contribution in [3.8, 4) is 11.6 Å². The first-order valence-corrected chi connectivity index (χ1v) is 9.60. The summed E-state index contributed by atoms with van der Waals surface area (Å²) in [6.07, 6.45) is 0. The summed E-state index contributed by atoms with van der Waals surface area (Å²) >= 11 is 0. The van der Waals surface area contributed by atoms with Crippen molar-refractivity contribution in [1.82, 2.24) is 30.7 Å². The quantitative estimate of drug-likeness (QED) is 0.293. The van der Waals surface area contributed by atoms with Crippen LogP contribution in [0.15, 0.2) is 34.0 Å². The first-order chi connectivity index (χ1) is 15.0. The fourth-order valence-corrected chi connectivity index (χ4v) is 3.23. The van der Waals surface area contributed by atoms with Gasteiger partial charge in [0, 0.05) is 0 Å². The van der Waals surface area contributed by atoms with E-state index in [0.717, 1.165) is 13.1 Å². The average Bonchev–Trinajstić information content (AvgIpc) is 3.38. The Morgan fingerprint density at radius 2 is 2.10 bits per heavy atom. The number of rotatable bonds is 6. The van der Waals surface area contributed by atoms with Gasteiger partial charge in [-0.15, -0.1) is 5.10 Å². The lowest BCUT2D eigenvalue weighted by Gasteiger charge is -2.23. The van der Waals surface area contributed by atoms with Gasteiger partial charge in [-0.2, -0.15) is 9.78 Å². The third-order valence-corrected chi connectivity index (χ3v) is 4.89. The highest BCUT2D eigenvalue weighted by Gasteiger charge is 2.28. The lowest BCUT2D eigenvalue weighted by atomic mass is 10.1. The number of benzene rings is 1. The Morgan fingerprint density at radius 1 is 1.32 bits per heavy atom. The molecule has 2 aromatic heterocycles. The highest BCUT2D eigenvalue weighted by Crippen LogP contribution is 2.16. The molecule has 4 rings (SSSR count). The molecule has 0 unspecified atom stereocenters. The number of nitrogen functional groups attached to an aromatic ring is 1. The van der Waals surface area contributed by atoms with Gasteiger partial charge in [0.05, 0.1) is 18.9 Å². The van der Waals surface area contributed by atoms with Gasteiger partial charge >= 0.3 is 0 Å². The van der Waals surface area contributed by atoms with E-state index in [-0.39, 0.29) is 23.1 Å². The zero-order valence-electron chi connectivity index (χ0n) is 16.7. The van der Waals surface area contributed by atoms with Crippen LogP contribution >= 0.6 is 0 Å². The molecule has 1 saturated heterocycles. The second-order valence-electron chi connectivity index (χ2n) is 6.94. The number of ether oxygens (including phenoxy) is 1. The number of aromatic nitrogens is 5. The highest BCUT2D eigenvalue weighted by atomic mass is 16.6. The summed E-state index contributed by atoms with van der Waals surface area (Å²) in [5.74, 6) is -0.591. The lowest BCUT2D eigenvalue weighted by molar-refractivity contribution is -0.921. The number of hydrazone groups is 1. The van der Waals surface area contributed by atoms with E-state index >= 15 is 0 Å². The second kappa shape index (κ2) is 8.89. The van der Waals surface area contributed by atoms with Gasteiger partial charge in [-0.05, 0) is 22.8 Å². The molecule has 0 saturated carbocycles. The zero-order chi connectivity index (χ0) is 21.8. The summed E-state index contributed by atoms with van der Waals surface area (Å²) in [4.78, 5) is 14.0. The van der Waals surface area contributed by atoms with E-state index < -0.39 is 5.91 Å². The minimum absolute atomic E-state index is 0.0241. The van der Waals surface area contributed by atoms with Crippen molar-refractivity contribution >= 4 is 17.4 Å². The van der Waals surface area contributed by atoms with Crippen molar-refractivity contribution in [1.29, 1.82) is 0 Å². The molecule has 31 heavy (non-hydrogen) atoms. The van der Waals surface area contributed by atoms with E-state index in [4.69, 9.17) is 10.5 Å². The Hall–Kier alpha value is -3.84. The van der Waals surface area contributed by atoms with E-state index in [2.05, 4.69) is 35.8 Å². The largest absolute Gasteiger partial charge is 0.872 e. The third kappa shape index (κ3) is 4.36. The number of nitrogens with two attached hydrogens (primary N) is 1. The number of amides is 1. The SMILES string of the molecule is C/C(=N\NC(=O)c1nnn(-c2nonc2N)c1C[NH+]1CCOCC1)c1ccccc1[O-]. The summed E-state index contributed by atoms with van der Waals surface area (Å²) in [7, 11) is 0. The van der Waals surface area contributed by atoms with E-state index in [0.29, 0.717) is 36.7 Å². The molecular weight excluding hydrogens is 406 g/mol. The molecule has 13 heteroatoms. The summed E-state index contributed by atoms with van der Waals surface area (Å²) in [5, 5.41) is 31.4. The van der Waals surface area contributed by atoms with Crippen LogP contribution in [0.2, 0.25) is 0 Å². The number of carbonyl (C=O) groups excluding carboxylic acids is 1. The molecule has 1 fully saturated rings. The molecule has 3 heterocycles. The summed E-state index contributed by atoms with van der Waals surface area (Å²) in [6, 6.07) is 6.43. The highest BCUT2D eigenvalue weighted by molar-refractivity contribution is 6.02. The smallest absolute Gasteiger partial charge is 0.294 e. The standard InChI is InChI=1S/C18H21N9O4/c1-11(12-4-2-3-5-14(12)28)20-22-18(29)15-13(10-26-6-8-30-9-7-26)27(25-21-15)17-16(19)23-31-24-17/h2-5,28H,6-10H2,1H3,(H2,19,23)(H,22,29)/b20-11+. The van der Waals surface area contributed by atoms with Gasteiger partial charge in [0.15, 0.2) is 5.69 Å². The van der Waals surface area contributed by atoms with Gasteiger partial charge < -0.3 is 20.5 Å². The summed E-state index contributed by atoms with van der Waals surface area (Å²) in [5.41, 5.74) is 9.56. The number of carbonyl (C=O) groups is 1. The van der Waals surface area contributed by atoms with Crippen LogP contribution in [-0.2, 0) is 11.3 Å². The maximum atomic E-state index is 12.9. The van der Waals surface area contributed by atoms with Crippen LogP contribution in [-0.4, -0.2) is 63.2 Å². The van der Waals surface area contributed by atoms with Crippen molar-refractivity contribution in [3.63, 3.8) is 0 Å². The first-order valence-electron chi connectivity index (χ1n) is 9.60.